The first kappa shape index (κ1) is 25.9. The molecule has 0 aliphatic carbocycles. The molecule has 0 saturated carbocycles. The summed E-state index contributed by atoms with van der Waals surface area (Å²) >= 11 is 0. The average Bonchev–Trinajstić information content (AvgIpc) is 2.72. The Hall–Kier alpha value is -1.18. The van der Waals surface area contributed by atoms with E-state index in [0.717, 1.165) is 38.7 Å². The van der Waals surface area contributed by atoms with E-state index in [-0.39, 0.29) is 42.3 Å². The lowest BCUT2D eigenvalue weighted by Gasteiger charge is -2.37. The first-order valence-electron chi connectivity index (χ1n) is 10.0. The molecule has 2 aliphatic heterocycles. The maximum atomic E-state index is 12.4. The van der Waals surface area contributed by atoms with Crippen LogP contribution in [-0.4, -0.2) is 125 Å². The van der Waals surface area contributed by atoms with Crippen LogP contribution in [0.4, 0.5) is 0 Å². The van der Waals surface area contributed by atoms with Crippen LogP contribution in [0.25, 0.3) is 0 Å². The molecule has 168 valence electrons. The molecule has 2 saturated heterocycles. The molecule has 29 heavy (non-hydrogen) atoms. The number of carbonyl (C=O) groups excluding carboxylic acids is 2. The van der Waals surface area contributed by atoms with Crippen molar-refractivity contribution in [2.45, 2.75) is 6.92 Å². The number of aliphatic imine (C=N–C) groups is 1. The van der Waals surface area contributed by atoms with E-state index in [1.54, 1.807) is 7.11 Å². The smallest absolute Gasteiger partial charge is 0.241 e. The minimum atomic E-state index is -0.123. The van der Waals surface area contributed by atoms with Gasteiger partial charge in [-0.2, -0.15) is 0 Å². The summed E-state index contributed by atoms with van der Waals surface area (Å²) in [6.07, 6.45) is 0. The van der Waals surface area contributed by atoms with Crippen LogP contribution >= 0.6 is 24.0 Å². The molecule has 2 N–H and O–H groups in total. The minimum Gasteiger partial charge on any atom is -0.383 e. The van der Waals surface area contributed by atoms with Gasteiger partial charge in [-0.1, -0.05) is 0 Å². The second-order valence-corrected chi connectivity index (χ2v) is 6.77. The molecule has 2 heterocycles. The molecule has 0 spiro atoms. The fourth-order valence-electron chi connectivity index (χ4n) is 3.14. The third-order valence-electron chi connectivity index (χ3n) is 4.73. The second-order valence-electron chi connectivity index (χ2n) is 6.77. The van der Waals surface area contributed by atoms with Gasteiger partial charge in [-0.15, -0.1) is 24.0 Å². The molecule has 2 aliphatic rings. The van der Waals surface area contributed by atoms with Crippen LogP contribution in [0.3, 0.4) is 0 Å². The zero-order valence-electron chi connectivity index (χ0n) is 17.5. The molecule has 0 aromatic rings. The zero-order chi connectivity index (χ0) is 20.2. The van der Waals surface area contributed by atoms with Crippen molar-refractivity contribution in [1.82, 2.24) is 25.3 Å². The molecule has 0 radical (unpaired) electrons. The summed E-state index contributed by atoms with van der Waals surface area (Å²) in [5.41, 5.74) is 0. The van der Waals surface area contributed by atoms with Gasteiger partial charge in [0.05, 0.1) is 26.4 Å². The summed E-state index contributed by atoms with van der Waals surface area (Å²) < 4.78 is 10.2. The van der Waals surface area contributed by atoms with E-state index in [1.807, 2.05) is 11.8 Å². The van der Waals surface area contributed by atoms with Crippen LogP contribution in [-0.2, 0) is 19.1 Å². The number of methoxy groups -OCH3 is 1. The van der Waals surface area contributed by atoms with E-state index >= 15 is 0 Å². The number of hydrogen-bond acceptors (Lipinski definition) is 6. The molecule has 2 amide bonds. The van der Waals surface area contributed by atoms with Gasteiger partial charge in [0, 0.05) is 59.5 Å². The lowest BCUT2D eigenvalue weighted by Crippen LogP contribution is -2.55. The molecule has 10 nitrogen and oxygen atoms in total. The second kappa shape index (κ2) is 14.7. The Labute approximate surface area is 190 Å². The van der Waals surface area contributed by atoms with Gasteiger partial charge in [-0.05, 0) is 6.92 Å². The third kappa shape index (κ3) is 9.45. The molecular weight excluding hydrogens is 491 g/mol. The predicted molar refractivity (Wildman–Crippen MR) is 122 cm³/mol. The van der Waals surface area contributed by atoms with Crippen molar-refractivity contribution < 1.29 is 19.1 Å². The fourth-order valence-corrected chi connectivity index (χ4v) is 3.14. The summed E-state index contributed by atoms with van der Waals surface area (Å²) in [5, 5.41) is 6.01. The van der Waals surface area contributed by atoms with Crippen molar-refractivity contribution >= 4 is 41.8 Å². The fraction of sp³-hybridized carbons (Fsp3) is 0.833. The Kier molecular flexibility index (Phi) is 13.1. The Bertz CT molecular complexity index is 522. The van der Waals surface area contributed by atoms with E-state index in [9.17, 15) is 9.59 Å². The van der Waals surface area contributed by atoms with E-state index in [2.05, 4.69) is 25.4 Å². The number of amides is 2. The van der Waals surface area contributed by atoms with Crippen molar-refractivity contribution in [2.75, 3.05) is 92.4 Å². The van der Waals surface area contributed by atoms with Gasteiger partial charge in [-0.25, -0.2) is 4.99 Å². The highest BCUT2D eigenvalue weighted by molar-refractivity contribution is 14.0. The number of nitrogens with zero attached hydrogens (tertiary/aromatic N) is 4. The molecule has 2 rings (SSSR count). The molecule has 0 aromatic heterocycles. The number of carbonyl (C=O) groups is 2. The lowest BCUT2D eigenvalue weighted by atomic mass is 10.3. The summed E-state index contributed by atoms with van der Waals surface area (Å²) in [6.45, 7) is 9.99. The normalized spacial score (nSPS) is 18.2. The molecule has 0 aromatic carbocycles. The number of ether oxygens (including phenoxy) is 2. The van der Waals surface area contributed by atoms with Gasteiger partial charge in [0.15, 0.2) is 5.96 Å². The highest BCUT2D eigenvalue weighted by Crippen LogP contribution is 2.05. The van der Waals surface area contributed by atoms with Gasteiger partial charge < -0.3 is 29.9 Å². The number of halogens is 1. The number of guanidine groups is 1. The number of piperazine rings is 1. The first-order valence-corrected chi connectivity index (χ1v) is 10.0. The maximum absolute atomic E-state index is 12.4. The number of morpholine rings is 1. The van der Waals surface area contributed by atoms with Crippen LogP contribution in [0.5, 0.6) is 0 Å². The van der Waals surface area contributed by atoms with Crippen molar-refractivity contribution in [3.05, 3.63) is 0 Å². The summed E-state index contributed by atoms with van der Waals surface area (Å²) in [4.78, 5) is 34.9. The molecule has 2 fully saturated rings. The van der Waals surface area contributed by atoms with Gasteiger partial charge in [-0.3, -0.25) is 14.5 Å². The molecule has 11 heteroatoms. The SMILES string of the molecule is CCNC(=NCC(=O)NCCOC)N1CCN(CC(=O)N2CCOCC2)CC1.I. The Morgan fingerprint density at radius 2 is 1.72 bits per heavy atom. The van der Waals surface area contributed by atoms with Crippen molar-refractivity contribution in [3.63, 3.8) is 0 Å². The minimum absolute atomic E-state index is 0. The quantitative estimate of drug-likeness (QED) is 0.178. The van der Waals surface area contributed by atoms with E-state index in [1.165, 1.54) is 0 Å². The topological polar surface area (TPSA) is 98.7 Å². The summed E-state index contributed by atoms with van der Waals surface area (Å²) in [5.74, 6) is 0.788. The molecule has 0 atom stereocenters. The monoisotopic (exact) mass is 526 g/mol. The zero-order valence-corrected chi connectivity index (χ0v) is 19.9. The van der Waals surface area contributed by atoms with Crippen LogP contribution in [0.15, 0.2) is 4.99 Å². The van der Waals surface area contributed by atoms with Crippen LogP contribution in [0.2, 0.25) is 0 Å². The van der Waals surface area contributed by atoms with Gasteiger partial charge in [0.1, 0.15) is 6.54 Å². The number of nitrogens with one attached hydrogen (secondary N) is 2. The average molecular weight is 526 g/mol. The predicted octanol–water partition coefficient (Wildman–Crippen LogP) is -1.19. The van der Waals surface area contributed by atoms with Gasteiger partial charge in [0.25, 0.3) is 0 Å². The number of rotatable bonds is 8. The molecule has 0 unspecified atom stereocenters. The summed E-state index contributed by atoms with van der Waals surface area (Å²) in [7, 11) is 1.60. The van der Waals surface area contributed by atoms with Crippen LogP contribution in [0.1, 0.15) is 6.92 Å². The standard InChI is InChI=1S/C18H34N6O4.HI/c1-3-19-18(21-14-16(25)20-4-11-27-2)24-7-5-22(6-8-24)15-17(26)23-9-12-28-13-10-23;/h3-15H2,1-2H3,(H,19,21)(H,20,25);1H. The Balaban J connectivity index is 0.00000420. The van der Waals surface area contributed by atoms with Crippen LogP contribution < -0.4 is 10.6 Å². The van der Waals surface area contributed by atoms with Gasteiger partial charge >= 0.3 is 0 Å². The van der Waals surface area contributed by atoms with E-state index in [4.69, 9.17) is 9.47 Å². The largest absolute Gasteiger partial charge is 0.383 e. The van der Waals surface area contributed by atoms with Gasteiger partial charge in [0.2, 0.25) is 11.8 Å². The lowest BCUT2D eigenvalue weighted by molar-refractivity contribution is -0.136. The van der Waals surface area contributed by atoms with Crippen molar-refractivity contribution in [2.24, 2.45) is 4.99 Å². The third-order valence-corrected chi connectivity index (χ3v) is 4.73. The highest BCUT2D eigenvalue weighted by Gasteiger charge is 2.24. The van der Waals surface area contributed by atoms with Crippen molar-refractivity contribution in [3.8, 4) is 0 Å². The summed E-state index contributed by atoms with van der Waals surface area (Å²) in [6, 6.07) is 0. The Morgan fingerprint density at radius 1 is 1.03 bits per heavy atom. The molecular formula is C18H35IN6O4. The molecule has 0 bridgehead atoms. The van der Waals surface area contributed by atoms with Crippen molar-refractivity contribution in [1.29, 1.82) is 0 Å². The van der Waals surface area contributed by atoms with E-state index in [0.29, 0.717) is 46.0 Å². The Morgan fingerprint density at radius 3 is 2.34 bits per heavy atom. The number of hydrogen-bond donors (Lipinski definition) is 2. The van der Waals surface area contributed by atoms with E-state index < -0.39 is 0 Å². The maximum Gasteiger partial charge on any atom is 0.241 e. The first-order chi connectivity index (χ1) is 13.6. The van der Waals surface area contributed by atoms with Crippen LogP contribution in [0, 0.1) is 0 Å². The highest BCUT2D eigenvalue weighted by atomic mass is 127.